The molecule has 1 amide bonds. The molecule has 0 radical (unpaired) electrons. The second-order valence-corrected chi connectivity index (χ2v) is 10.9. The van der Waals surface area contributed by atoms with Crippen LogP contribution in [0.4, 0.5) is 14.9 Å². The molecule has 1 saturated heterocycles. The number of anilines is 1. The highest BCUT2D eigenvalue weighted by Gasteiger charge is 2.40. The Hall–Kier alpha value is -4.54. The van der Waals surface area contributed by atoms with E-state index in [0.29, 0.717) is 59.7 Å². The van der Waals surface area contributed by atoms with Crippen LogP contribution in [0.25, 0.3) is 27.9 Å². The summed E-state index contributed by atoms with van der Waals surface area (Å²) in [6.45, 7) is 4.50. The van der Waals surface area contributed by atoms with Crippen molar-refractivity contribution in [3.8, 4) is 17.1 Å². The van der Waals surface area contributed by atoms with Crippen LogP contribution in [0.1, 0.15) is 25.3 Å². The minimum absolute atomic E-state index is 0.107. The number of fused-ring (bicyclic) bond motifs is 2. The number of nitrogens with one attached hydrogen (secondary N) is 1. The number of piperidine rings is 1. The summed E-state index contributed by atoms with van der Waals surface area (Å²) in [5.74, 6) is 0.233. The minimum atomic E-state index is -0.611. The van der Waals surface area contributed by atoms with E-state index in [2.05, 4.69) is 10.3 Å². The number of nitrogens with zero attached hydrogens (tertiary/aromatic N) is 4. The number of methoxy groups -OCH3 is 1. The normalized spacial score (nSPS) is 14.6. The van der Waals surface area contributed by atoms with Gasteiger partial charge in [-0.05, 0) is 62.7 Å². The van der Waals surface area contributed by atoms with Crippen molar-refractivity contribution in [2.75, 3.05) is 38.3 Å². The maximum Gasteiger partial charge on any atom is 0.415 e. The molecule has 3 aromatic heterocycles. The summed E-state index contributed by atoms with van der Waals surface area (Å²) in [7, 11) is 1.63. The van der Waals surface area contributed by atoms with Crippen LogP contribution < -0.4 is 15.0 Å². The van der Waals surface area contributed by atoms with Gasteiger partial charge in [-0.25, -0.2) is 19.2 Å². The van der Waals surface area contributed by atoms with E-state index in [1.165, 1.54) is 12.1 Å². The molecular weight excluding hydrogens is 549 g/mol. The van der Waals surface area contributed by atoms with E-state index in [-0.39, 0.29) is 6.61 Å². The molecule has 10 heteroatoms. The van der Waals surface area contributed by atoms with Crippen molar-refractivity contribution >= 4 is 28.3 Å². The van der Waals surface area contributed by atoms with E-state index < -0.39 is 17.4 Å². The van der Waals surface area contributed by atoms with Gasteiger partial charge in [-0.15, -0.1) is 0 Å². The molecule has 1 aliphatic heterocycles. The van der Waals surface area contributed by atoms with Crippen LogP contribution >= 0.6 is 0 Å². The average molecular weight is 584 g/mol. The molecule has 4 heterocycles. The summed E-state index contributed by atoms with van der Waals surface area (Å²) in [4.78, 5) is 25.1. The van der Waals surface area contributed by atoms with Gasteiger partial charge in [0.25, 0.3) is 0 Å². The van der Waals surface area contributed by atoms with Crippen molar-refractivity contribution in [2.24, 2.45) is 0 Å². The smallest absolute Gasteiger partial charge is 0.415 e. The Labute approximate surface area is 249 Å². The number of ether oxygens (including phenoxy) is 3. The van der Waals surface area contributed by atoms with E-state index in [0.717, 1.165) is 24.3 Å². The average Bonchev–Trinajstić information content (AvgIpc) is 3.44. The Bertz CT molecular complexity index is 1740. The molecule has 6 rings (SSSR count). The van der Waals surface area contributed by atoms with Gasteiger partial charge in [0.05, 0.1) is 40.9 Å². The number of rotatable bonds is 9. The van der Waals surface area contributed by atoms with Gasteiger partial charge >= 0.3 is 6.09 Å². The monoisotopic (exact) mass is 583 g/mol. The summed E-state index contributed by atoms with van der Waals surface area (Å²) >= 11 is 0. The second-order valence-electron chi connectivity index (χ2n) is 10.9. The fraction of sp³-hybridized carbons (Fsp3) is 0.303. The van der Waals surface area contributed by atoms with E-state index in [1.54, 1.807) is 18.2 Å². The first kappa shape index (κ1) is 28.6. The number of pyridine rings is 2. The number of imidazole rings is 1. The number of amides is 1. The quantitative estimate of drug-likeness (QED) is 0.213. The van der Waals surface area contributed by atoms with Gasteiger partial charge in [-0.3, -0.25) is 9.30 Å². The number of carbonyl (C=O) groups is 1. The lowest BCUT2D eigenvalue weighted by atomic mass is 9.88. The Kier molecular flexibility index (Phi) is 8.22. The number of hydrogen-bond acceptors (Lipinski definition) is 7. The van der Waals surface area contributed by atoms with Crippen LogP contribution in [0.5, 0.6) is 5.75 Å². The Balaban J connectivity index is 1.41. The highest BCUT2D eigenvalue weighted by atomic mass is 19.1. The van der Waals surface area contributed by atoms with Crippen molar-refractivity contribution < 1.29 is 23.4 Å². The van der Waals surface area contributed by atoms with E-state index in [9.17, 15) is 4.79 Å². The Morgan fingerprint density at radius 1 is 1.07 bits per heavy atom. The molecule has 1 aliphatic rings. The molecule has 0 unspecified atom stereocenters. The van der Waals surface area contributed by atoms with E-state index in [4.69, 9.17) is 19.2 Å². The van der Waals surface area contributed by atoms with Gasteiger partial charge in [0.2, 0.25) is 0 Å². The zero-order valence-electron chi connectivity index (χ0n) is 24.3. The van der Waals surface area contributed by atoms with Crippen LogP contribution in [0.15, 0.2) is 79.1 Å². The van der Waals surface area contributed by atoms with Gasteiger partial charge in [0.1, 0.15) is 30.4 Å². The molecule has 5 aromatic rings. The van der Waals surface area contributed by atoms with Crippen LogP contribution in [0.3, 0.4) is 0 Å². The lowest BCUT2D eigenvalue weighted by Crippen LogP contribution is -2.55. The standard InChI is InChI=1S/C33H34FN5O4/c1-33(11-13-35-14-12-33)39(32(40)43-22-23-6-4-3-5-7-23)28-19-25(34)18-24-8-9-27(37-31(24)28)29-21-36-30-20-26(10-15-38(29)30)42-17-16-41-2/h3-10,15,18-21,35H,11-14,16-17,22H2,1-2H3. The van der Waals surface area contributed by atoms with Crippen molar-refractivity contribution in [3.63, 3.8) is 0 Å². The summed E-state index contributed by atoms with van der Waals surface area (Å²) < 4.78 is 33.7. The molecule has 1 N–H and O–H groups in total. The van der Waals surface area contributed by atoms with Crippen LogP contribution in [0.2, 0.25) is 0 Å². The van der Waals surface area contributed by atoms with E-state index in [1.807, 2.05) is 72.1 Å². The number of carbonyl (C=O) groups excluding carboxylic acids is 1. The SMILES string of the molecule is COCCOc1ccn2c(-c3ccc4cc(F)cc(N(C(=O)OCc5ccccc5)C5(C)CCNCC5)c4n3)cnc2c1. The van der Waals surface area contributed by atoms with Gasteiger partial charge in [-0.1, -0.05) is 36.4 Å². The van der Waals surface area contributed by atoms with Crippen LogP contribution in [0, 0.1) is 5.82 Å². The molecule has 0 atom stereocenters. The van der Waals surface area contributed by atoms with Crippen molar-refractivity contribution in [1.82, 2.24) is 19.7 Å². The fourth-order valence-electron chi connectivity index (χ4n) is 5.56. The number of benzene rings is 2. The summed E-state index contributed by atoms with van der Waals surface area (Å²) in [6, 6.07) is 19.7. The third-order valence-corrected chi connectivity index (χ3v) is 7.89. The third kappa shape index (κ3) is 6.02. The number of hydrogen-bond donors (Lipinski definition) is 1. The maximum atomic E-state index is 15.1. The lowest BCUT2D eigenvalue weighted by Gasteiger charge is -2.43. The first-order valence-electron chi connectivity index (χ1n) is 14.4. The van der Waals surface area contributed by atoms with Gasteiger partial charge < -0.3 is 19.5 Å². The molecule has 9 nitrogen and oxygen atoms in total. The highest BCUT2D eigenvalue weighted by molar-refractivity contribution is 6.01. The molecule has 1 fully saturated rings. The number of halogens is 1. The van der Waals surface area contributed by atoms with Crippen molar-refractivity contribution in [3.05, 3.63) is 90.5 Å². The Morgan fingerprint density at radius 3 is 2.67 bits per heavy atom. The maximum absolute atomic E-state index is 15.1. The molecule has 2 aromatic carbocycles. The highest BCUT2D eigenvalue weighted by Crippen LogP contribution is 2.37. The minimum Gasteiger partial charge on any atom is -0.491 e. The molecule has 0 aliphatic carbocycles. The predicted octanol–water partition coefficient (Wildman–Crippen LogP) is 6.00. The molecular formula is C33H34FN5O4. The summed E-state index contributed by atoms with van der Waals surface area (Å²) in [5, 5.41) is 3.94. The van der Waals surface area contributed by atoms with Crippen LogP contribution in [-0.4, -0.2) is 59.4 Å². The topological polar surface area (TPSA) is 90.2 Å². The zero-order valence-corrected chi connectivity index (χ0v) is 24.3. The fourth-order valence-corrected chi connectivity index (χ4v) is 5.56. The summed E-state index contributed by atoms with van der Waals surface area (Å²) in [5.41, 5.74) is 3.22. The second kappa shape index (κ2) is 12.4. The Morgan fingerprint density at radius 2 is 1.88 bits per heavy atom. The number of aromatic nitrogens is 3. The molecule has 43 heavy (non-hydrogen) atoms. The first-order valence-corrected chi connectivity index (χ1v) is 14.4. The predicted molar refractivity (Wildman–Crippen MR) is 163 cm³/mol. The van der Waals surface area contributed by atoms with Crippen molar-refractivity contribution in [1.29, 1.82) is 0 Å². The lowest BCUT2D eigenvalue weighted by molar-refractivity contribution is 0.136. The van der Waals surface area contributed by atoms with Gasteiger partial charge in [0, 0.05) is 24.8 Å². The molecule has 0 saturated carbocycles. The molecule has 0 spiro atoms. The summed E-state index contributed by atoms with van der Waals surface area (Å²) in [6.07, 6.45) is 4.43. The molecule has 222 valence electrons. The van der Waals surface area contributed by atoms with Crippen molar-refractivity contribution in [2.45, 2.75) is 31.9 Å². The largest absolute Gasteiger partial charge is 0.491 e. The van der Waals surface area contributed by atoms with Gasteiger partial charge in [0.15, 0.2) is 0 Å². The van der Waals surface area contributed by atoms with Gasteiger partial charge in [-0.2, -0.15) is 0 Å². The third-order valence-electron chi connectivity index (χ3n) is 7.89. The van der Waals surface area contributed by atoms with E-state index >= 15 is 4.39 Å². The van der Waals surface area contributed by atoms with Crippen LogP contribution in [-0.2, 0) is 16.1 Å². The zero-order chi connectivity index (χ0) is 29.8. The molecule has 0 bridgehead atoms. The first-order chi connectivity index (χ1) is 20.9.